The van der Waals surface area contributed by atoms with E-state index in [0.717, 1.165) is 21.3 Å². The van der Waals surface area contributed by atoms with Gasteiger partial charge in [0.15, 0.2) is 0 Å². The normalized spacial score (nSPS) is 10.9. The quantitative estimate of drug-likeness (QED) is 0.355. The standard InChI is InChI=1S/C21H20BrClN4O3/c1-29-19-7-6-15(10-16(19)14-30-20-5-3-2-4-18(20)22)11-24-26-21(28)8-9-27-13-17(23)12-25-27/h2-7,10-13H,8-9,14H2,1H3,(H,26,28)/b24-11+. The van der Waals surface area contributed by atoms with E-state index in [1.165, 1.54) is 6.20 Å². The third-order valence-corrected chi connectivity index (χ3v) is 4.95. The van der Waals surface area contributed by atoms with Crippen molar-refractivity contribution in [3.05, 3.63) is 75.5 Å². The lowest BCUT2D eigenvalue weighted by molar-refractivity contribution is -0.121. The summed E-state index contributed by atoms with van der Waals surface area (Å²) in [5, 5.41) is 8.58. The topological polar surface area (TPSA) is 77.7 Å². The maximum absolute atomic E-state index is 11.9. The average molecular weight is 492 g/mol. The molecule has 0 aliphatic rings. The molecule has 0 bridgehead atoms. The highest BCUT2D eigenvalue weighted by molar-refractivity contribution is 9.10. The van der Waals surface area contributed by atoms with E-state index in [4.69, 9.17) is 21.1 Å². The molecule has 1 amide bonds. The third-order valence-electron chi connectivity index (χ3n) is 4.10. The molecule has 0 saturated heterocycles. The van der Waals surface area contributed by atoms with E-state index in [1.807, 2.05) is 42.5 Å². The molecule has 0 fully saturated rings. The molecule has 0 radical (unpaired) electrons. The van der Waals surface area contributed by atoms with Crippen molar-refractivity contribution in [2.45, 2.75) is 19.6 Å². The van der Waals surface area contributed by atoms with Crippen LogP contribution in [0.3, 0.4) is 0 Å². The van der Waals surface area contributed by atoms with Crippen molar-refractivity contribution in [1.29, 1.82) is 0 Å². The summed E-state index contributed by atoms with van der Waals surface area (Å²) in [5.41, 5.74) is 4.18. The lowest BCUT2D eigenvalue weighted by Crippen LogP contribution is -2.19. The molecule has 9 heteroatoms. The first-order valence-corrected chi connectivity index (χ1v) is 10.3. The summed E-state index contributed by atoms with van der Waals surface area (Å²) in [5.74, 6) is 1.23. The van der Waals surface area contributed by atoms with Crippen molar-refractivity contribution in [1.82, 2.24) is 15.2 Å². The van der Waals surface area contributed by atoms with E-state index in [1.54, 1.807) is 24.2 Å². The van der Waals surface area contributed by atoms with Crippen LogP contribution in [0.5, 0.6) is 11.5 Å². The number of ether oxygens (including phenoxy) is 2. The van der Waals surface area contributed by atoms with Gasteiger partial charge in [-0.2, -0.15) is 10.2 Å². The third kappa shape index (κ3) is 6.33. The maximum Gasteiger partial charge on any atom is 0.241 e. The number of methoxy groups -OCH3 is 1. The van der Waals surface area contributed by atoms with Crippen molar-refractivity contribution in [3.8, 4) is 11.5 Å². The van der Waals surface area contributed by atoms with Gasteiger partial charge in [0.05, 0.1) is 29.0 Å². The van der Waals surface area contributed by atoms with Crippen molar-refractivity contribution in [2.75, 3.05) is 7.11 Å². The Hall–Kier alpha value is -2.84. The molecule has 1 N–H and O–H groups in total. The Morgan fingerprint density at radius 1 is 1.30 bits per heavy atom. The fraction of sp³-hybridized carbons (Fsp3) is 0.190. The second kappa shape index (κ2) is 10.8. The van der Waals surface area contributed by atoms with E-state index in [-0.39, 0.29) is 12.3 Å². The number of benzene rings is 2. The predicted molar refractivity (Wildman–Crippen MR) is 119 cm³/mol. The van der Waals surface area contributed by atoms with Gasteiger partial charge in [-0.3, -0.25) is 9.48 Å². The zero-order chi connectivity index (χ0) is 21.3. The van der Waals surface area contributed by atoms with Crippen LogP contribution < -0.4 is 14.9 Å². The number of hydrogen-bond donors (Lipinski definition) is 1. The second-order valence-corrected chi connectivity index (χ2v) is 7.55. The number of nitrogens with one attached hydrogen (secondary N) is 1. The molecular weight excluding hydrogens is 472 g/mol. The minimum atomic E-state index is -0.219. The first kappa shape index (κ1) is 21.9. The molecule has 156 valence electrons. The van der Waals surface area contributed by atoms with Crippen LogP contribution in [0.25, 0.3) is 0 Å². The average Bonchev–Trinajstić information content (AvgIpc) is 3.17. The number of carbonyl (C=O) groups excluding carboxylic acids is 1. The monoisotopic (exact) mass is 490 g/mol. The number of carbonyl (C=O) groups is 1. The van der Waals surface area contributed by atoms with E-state index < -0.39 is 0 Å². The fourth-order valence-electron chi connectivity index (χ4n) is 2.62. The summed E-state index contributed by atoms with van der Waals surface area (Å²) in [6.07, 6.45) is 5.00. The van der Waals surface area contributed by atoms with E-state index in [9.17, 15) is 4.79 Å². The lowest BCUT2D eigenvalue weighted by Gasteiger charge is -2.12. The van der Waals surface area contributed by atoms with Crippen LogP contribution in [0, 0.1) is 0 Å². The maximum atomic E-state index is 11.9. The van der Waals surface area contributed by atoms with Gasteiger partial charge in [0.25, 0.3) is 0 Å². The highest BCUT2D eigenvalue weighted by Crippen LogP contribution is 2.27. The smallest absolute Gasteiger partial charge is 0.241 e. The van der Waals surface area contributed by atoms with Gasteiger partial charge in [-0.15, -0.1) is 0 Å². The molecule has 1 heterocycles. The number of amides is 1. The van der Waals surface area contributed by atoms with Crippen LogP contribution in [-0.2, 0) is 17.9 Å². The molecule has 0 aliphatic carbocycles. The van der Waals surface area contributed by atoms with Crippen LogP contribution in [0.2, 0.25) is 5.02 Å². The van der Waals surface area contributed by atoms with Gasteiger partial charge < -0.3 is 9.47 Å². The SMILES string of the molecule is COc1ccc(/C=N/NC(=O)CCn2cc(Cl)cn2)cc1COc1ccccc1Br. The molecule has 0 spiro atoms. The molecule has 2 aromatic carbocycles. The summed E-state index contributed by atoms with van der Waals surface area (Å²) in [6.45, 7) is 0.749. The Morgan fingerprint density at radius 3 is 2.87 bits per heavy atom. The number of rotatable bonds is 9. The lowest BCUT2D eigenvalue weighted by atomic mass is 10.1. The second-order valence-electron chi connectivity index (χ2n) is 6.26. The predicted octanol–water partition coefficient (Wildman–Crippen LogP) is 4.43. The van der Waals surface area contributed by atoms with Gasteiger partial charge in [-0.05, 0) is 51.8 Å². The first-order valence-electron chi connectivity index (χ1n) is 9.09. The van der Waals surface area contributed by atoms with Crippen LogP contribution in [0.4, 0.5) is 0 Å². The number of nitrogens with zero attached hydrogens (tertiary/aromatic N) is 3. The molecule has 3 aromatic rings. The van der Waals surface area contributed by atoms with Gasteiger partial charge in [0, 0.05) is 24.7 Å². The molecule has 0 saturated carbocycles. The van der Waals surface area contributed by atoms with Crippen molar-refractivity contribution >= 4 is 39.7 Å². The Bertz CT molecular complexity index is 1040. The number of aromatic nitrogens is 2. The molecule has 0 atom stereocenters. The highest BCUT2D eigenvalue weighted by atomic mass is 79.9. The van der Waals surface area contributed by atoms with Gasteiger partial charge in [0.2, 0.25) is 5.91 Å². The molecule has 3 rings (SSSR count). The van der Waals surface area contributed by atoms with Crippen LogP contribution in [-0.4, -0.2) is 29.0 Å². The summed E-state index contributed by atoms with van der Waals surface area (Å²) in [7, 11) is 1.61. The van der Waals surface area contributed by atoms with Crippen molar-refractivity contribution < 1.29 is 14.3 Å². The Labute approximate surface area is 187 Å². The minimum absolute atomic E-state index is 0.219. The zero-order valence-corrected chi connectivity index (χ0v) is 18.6. The Morgan fingerprint density at radius 2 is 2.13 bits per heavy atom. The van der Waals surface area contributed by atoms with Gasteiger partial charge in [0.1, 0.15) is 18.1 Å². The molecule has 7 nitrogen and oxygen atoms in total. The summed E-state index contributed by atoms with van der Waals surface area (Å²) >= 11 is 9.27. The first-order chi connectivity index (χ1) is 14.5. The fourth-order valence-corrected chi connectivity index (χ4v) is 3.18. The molecular formula is C21H20BrClN4O3. The van der Waals surface area contributed by atoms with Gasteiger partial charge in [-0.1, -0.05) is 23.7 Å². The number of hydrogen-bond acceptors (Lipinski definition) is 5. The molecule has 0 aliphatic heterocycles. The van der Waals surface area contributed by atoms with Gasteiger partial charge in [-0.25, -0.2) is 5.43 Å². The van der Waals surface area contributed by atoms with Crippen LogP contribution >= 0.6 is 27.5 Å². The summed E-state index contributed by atoms with van der Waals surface area (Å²) in [4.78, 5) is 11.9. The van der Waals surface area contributed by atoms with Crippen molar-refractivity contribution in [2.24, 2.45) is 5.10 Å². The number of para-hydroxylation sites is 1. The Kier molecular flexibility index (Phi) is 7.87. The van der Waals surface area contributed by atoms with E-state index >= 15 is 0 Å². The number of halogens is 2. The summed E-state index contributed by atoms with van der Waals surface area (Å²) < 4.78 is 13.8. The Balaban J connectivity index is 1.57. The highest BCUT2D eigenvalue weighted by Gasteiger charge is 2.07. The largest absolute Gasteiger partial charge is 0.496 e. The number of aryl methyl sites for hydroxylation is 1. The van der Waals surface area contributed by atoms with E-state index in [2.05, 4.69) is 31.6 Å². The minimum Gasteiger partial charge on any atom is -0.496 e. The zero-order valence-electron chi connectivity index (χ0n) is 16.2. The van der Waals surface area contributed by atoms with Crippen molar-refractivity contribution in [3.63, 3.8) is 0 Å². The summed E-state index contributed by atoms with van der Waals surface area (Å²) in [6, 6.07) is 13.2. The molecule has 30 heavy (non-hydrogen) atoms. The molecule has 0 unspecified atom stereocenters. The van der Waals surface area contributed by atoms with Crippen LogP contribution in [0.15, 0.2) is 64.4 Å². The van der Waals surface area contributed by atoms with Gasteiger partial charge >= 0.3 is 0 Å². The number of hydrazone groups is 1. The van der Waals surface area contributed by atoms with Crippen LogP contribution in [0.1, 0.15) is 17.5 Å². The molecule has 1 aromatic heterocycles. The van der Waals surface area contributed by atoms with E-state index in [0.29, 0.717) is 23.9 Å².